The fourth-order valence-corrected chi connectivity index (χ4v) is 2.93. The Morgan fingerprint density at radius 1 is 1.00 bits per heavy atom. The zero-order chi connectivity index (χ0) is 16.9. The van der Waals surface area contributed by atoms with Crippen molar-refractivity contribution in [2.45, 2.75) is 12.8 Å². The molecule has 0 unspecified atom stereocenters. The summed E-state index contributed by atoms with van der Waals surface area (Å²) in [4.78, 5) is 31.3. The van der Waals surface area contributed by atoms with Crippen molar-refractivity contribution in [2.24, 2.45) is 0 Å². The van der Waals surface area contributed by atoms with Crippen LogP contribution in [0, 0.1) is 5.82 Å². The van der Waals surface area contributed by atoms with Crippen LogP contribution in [0.15, 0.2) is 42.6 Å². The average molecular weight is 329 g/mol. The first-order valence-corrected chi connectivity index (χ1v) is 8.09. The molecule has 1 aromatic heterocycles. The third-order valence-corrected chi connectivity index (χ3v) is 4.24. The van der Waals surface area contributed by atoms with E-state index >= 15 is 0 Å². The summed E-state index contributed by atoms with van der Waals surface area (Å²) >= 11 is 0. The second kappa shape index (κ2) is 7.29. The summed E-state index contributed by atoms with van der Waals surface area (Å²) in [6.07, 6.45) is 2.81. The van der Waals surface area contributed by atoms with Gasteiger partial charge >= 0.3 is 0 Å². The van der Waals surface area contributed by atoms with Crippen LogP contribution >= 0.6 is 0 Å². The molecule has 0 aliphatic carbocycles. The van der Waals surface area contributed by atoms with Gasteiger partial charge in [0.05, 0.1) is 12.0 Å². The molecule has 5 nitrogen and oxygen atoms in total. The van der Waals surface area contributed by atoms with E-state index in [-0.39, 0.29) is 17.4 Å². The monoisotopic (exact) mass is 329 g/mol. The highest BCUT2D eigenvalue weighted by molar-refractivity contribution is 5.94. The average Bonchev–Trinajstić information content (AvgIpc) is 2.96. The number of aromatic nitrogens is 1. The molecule has 126 valence electrons. The van der Waals surface area contributed by atoms with Gasteiger partial charge in [-0.1, -0.05) is 12.1 Å². The van der Waals surface area contributed by atoms with Gasteiger partial charge in [-0.15, -0.1) is 0 Å². The van der Waals surface area contributed by atoms with Crippen molar-refractivity contribution >= 4 is 11.8 Å². The molecule has 1 aromatic carbocycles. The second-order valence-corrected chi connectivity index (χ2v) is 5.88. The van der Waals surface area contributed by atoms with Crippen molar-refractivity contribution in [1.82, 2.24) is 14.8 Å². The van der Waals surface area contributed by atoms with Gasteiger partial charge < -0.3 is 14.8 Å². The maximum Gasteiger partial charge on any atom is 0.256 e. The van der Waals surface area contributed by atoms with Gasteiger partial charge in [0, 0.05) is 38.1 Å². The van der Waals surface area contributed by atoms with Crippen LogP contribution in [0.4, 0.5) is 4.39 Å². The van der Waals surface area contributed by atoms with E-state index in [9.17, 15) is 14.0 Å². The highest BCUT2D eigenvalue weighted by Gasteiger charge is 2.24. The van der Waals surface area contributed by atoms with Gasteiger partial charge in [-0.3, -0.25) is 9.59 Å². The molecule has 1 fully saturated rings. The smallest absolute Gasteiger partial charge is 0.256 e. The van der Waals surface area contributed by atoms with Crippen LogP contribution in [-0.2, 0) is 11.2 Å². The SMILES string of the molecule is O=C(Cc1ccc[nH]1)N1CCCN(C(=O)c2ccccc2F)CC1. The number of nitrogens with one attached hydrogen (secondary N) is 1. The van der Waals surface area contributed by atoms with Crippen LogP contribution in [0.5, 0.6) is 0 Å². The Labute approximate surface area is 140 Å². The molecule has 1 N–H and O–H groups in total. The maximum atomic E-state index is 13.8. The van der Waals surface area contributed by atoms with Crippen LogP contribution in [0.1, 0.15) is 22.5 Å². The van der Waals surface area contributed by atoms with E-state index in [1.807, 2.05) is 12.1 Å². The summed E-state index contributed by atoms with van der Waals surface area (Å²) in [7, 11) is 0. The molecule has 1 saturated heterocycles. The summed E-state index contributed by atoms with van der Waals surface area (Å²) in [6, 6.07) is 9.74. The van der Waals surface area contributed by atoms with Crippen LogP contribution in [0.25, 0.3) is 0 Å². The van der Waals surface area contributed by atoms with Crippen molar-refractivity contribution in [3.8, 4) is 0 Å². The Kier molecular flexibility index (Phi) is 4.93. The van der Waals surface area contributed by atoms with Gasteiger partial charge in [0.1, 0.15) is 5.82 Å². The lowest BCUT2D eigenvalue weighted by Gasteiger charge is -2.22. The minimum absolute atomic E-state index is 0.0395. The first kappa shape index (κ1) is 16.2. The van der Waals surface area contributed by atoms with Gasteiger partial charge in [0.15, 0.2) is 0 Å². The molecular weight excluding hydrogens is 309 g/mol. The zero-order valence-electron chi connectivity index (χ0n) is 13.4. The zero-order valence-corrected chi connectivity index (χ0v) is 13.4. The summed E-state index contributed by atoms with van der Waals surface area (Å²) in [5.41, 5.74) is 0.965. The van der Waals surface area contributed by atoms with Crippen molar-refractivity contribution < 1.29 is 14.0 Å². The molecule has 0 bridgehead atoms. The number of aromatic amines is 1. The molecule has 0 saturated carbocycles. The number of benzene rings is 1. The number of hydrogen-bond donors (Lipinski definition) is 1. The van der Waals surface area contributed by atoms with E-state index in [2.05, 4.69) is 4.98 Å². The first-order valence-electron chi connectivity index (χ1n) is 8.09. The molecule has 0 radical (unpaired) electrons. The number of carbonyl (C=O) groups excluding carboxylic acids is 2. The molecular formula is C18H20FN3O2. The number of amides is 2. The Hall–Kier alpha value is -2.63. The first-order chi connectivity index (χ1) is 11.6. The fourth-order valence-electron chi connectivity index (χ4n) is 2.93. The number of rotatable bonds is 3. The predicted octanol–water partition coefficient (Wildman–Crippen LogP) is 2.07. The quantitative estimate of drug-likeness (QED) is 0.937. The lowest BCUT2D eigenvalue weighted by atomic mass is 10.2. The Morgan fingerprint density at radius 2 is 1.75 bits per heavy atom. The minimum Gasteiger partial charge on any atom is -0.365 e. The summed E-state index contributed by atoms with van der Waals surface area (Å²) in [5.74, 6) is -0.782. The van der Waals surface area contributed by atoms with Crippen molar-refractivity contribution in [3.05, 3.63) is 59.7 Å². The third-order valence-electron chi connectivity index (χ3n) is 4.24. The molecule has 1 aliphatic rings. The van der Waals surface area contributed by atoms with E-state index in [4.69, 9.17) is 0 Å². The lowest BCUT2D eigenvalue weighted by Crippen LogP contribution is -2.38. The van der Waals surface area contributed by atoms with Crippen LogP contribution in [0.2, 0.25) is 0 Å². The predicted molar refractivity (Wildman–Crippen MR) is 88.0 cm³/mol. The third kappa shape index (κ3) is 3.64. The van der Waals surface area contributed by atoms with Crippen LogP contribution in [0.3, 0.4) is 0 Å². The van der Waals surface area contributed by atoms with Crippen molar-refractivity contribution in [1.29, 1.82) is 0 Å². The molecule has 24 heavy (non-hydrogen) atoms. The molecule has 3 rings (SSSR count). The fraction of sp³-hybridized carbons (Fsp3) is 0.333. The molecule has 0 spiro atoms. The largest absolute Gasteiger partial charge is 0.365 e. The van der Waals surface area contributed by atoms with Gasteiger partial charge in [0.2, 0.25) is 5.91 Å². The maximum absolute atomic E-state index is 13.8. The molecule has 2 heterocycles. The van der Waals surface area contributed by atoms with Crippen LogP contribution < -0.4 is 0 Å². The Balaban J connectivity index is 1.61. The summed E-state index contributed by atoms with van der Waals surface area (Å²) in [6.45, 7) is 2.03. The van der Waals surface area contributed by atoms with Gasteiger partial charge in [-0.2, -0.15) is 0 Å². The van der Waals surface area contributed by atoms with Gasteiger partial charge in [-0.05, 0) is 30.7 Å². The number of H-pyrrole nitrogens is 1. The molecule has 0 atom stereocenters. The molecule has 1 aliphatic heterocycles. The lowest BCUT2D eigenvalue weighted by molar-refractivity contribution is -0.130. The van der Waals surface area contributed by atoms with E-state index < -0.39 is 5.82 Å². The number of nitrogens with zero attached hydrogens (tertiary/aromatic N) is 2. The normalized spacial score (nSPS) is 15.2. The van der Waals surface area contributed by atoms with Crippen LogP contribution in [-0.4, -0.2) is 52.8 Å². The Morgan fingerprint density at radius 3 is 2.50 bits per heavy atom. The second-order valence-electron chi connectivity index (χ2n) is 5.88. The van der Waals surface area contributed by atoms with E-state index in [0.29, 0.717) is 39.0 Å². The highest BCUT2D eigenvalue weighted by atomic mass is 19.1. The molecule has 2 amide bonds. The number of hydrogen-bond acceptors (Lipinski definition) is 2. The van der Waals surface area contributed by atoms with Gasteiger partial charge in [0.25, 0.3) is 5.91 Å². The topological polar surface area (TPSA) is 56.4 Å². The minimum atomic E-state index is -0.508. The molecule has 2 aromatic rings. The van der Waals surface area contributed by atoms with E-state index in [0.717, 1.165) is 5.69 Å². The van der Waals surface area contributed by atoms with Crippen molar-refractivity contribution in [3.63, 3.8) is 0 Å². The molecule has 6 heteroatoms. The standard InChI is InChI=1S/C18H20FN3O2/c19-16-7-2-1-6-15(16)18(24)22-10-4-9-21(11-12-22)17(23)13-14-5-3-8-20-14/h1-3,5-8,20H,4,9-13H2. The van der Waals surface area contributed by atoms with Crippen molar-refractivity contribution in [2.75, 3.05) is 26.2 Å². The highest BCUT2D eigenvalue weighted by Crippen LogP contribution is 2.13. The van der Waals surface area contributed by atoms with Gasteiger partial charge in [-0.25, -0.2) is 4.39 Å². The van der Waals surface area contributed by atoms with E-state index in [1.54, 1.807) is 28.1 Å². The number of halogens is 1. The summed E-state index contributed by atoms with van der Waals surface area (Å²) < 4.78 is 13.8. The summed E-state index contributed by atoms with van der Waals surface area (Å²) in [5, 5.41) is 0. The number of carbonyl (C=O) groups is 2. The Bertz CT molecular complexity index is 715. The van der Waals surface area contributed by atoms with E-state index in [1.165, 1.54) is 12.1 Å².